The zero-order valence-electron chi connectivity index (χ0n) is 8.66. The normalized spacial score (nSPS) is 16.5. The van der Waals surface area contributed by atoms with Crippen LogP contribution in [0.2, 0.25) is 0 Å². The monoisotopic (exact) mass is 189 g/mol. The molecule has 0 aliphatic carbocycles. The topological polar surface area (TPSA) is 69.6 Å². The van der Waals surface area contributed by atoms with Crippen molar-refractivity contribution >= 4 is 5.91 Å². The predicted octanol–water partition coefficient (Wildman–Crippen LogP) is 0.0329. The number of amides is 1. The smallest absolute Gasteiger partial charge is 0.248 e. The first-order valence-corrected chi connectivity index (χ1v) is 4.43. The van der Waals surface area contributed by atoms with E-state index < -0.39 is 23.7 Å². The molecule has 0 aromatic heterocycles. The summed E-state index contributed by atoms with van der Waals surface area (Å²) >= 11 is 0. The molecule has 4 nitrogen and oxygen atoms in total. The predicted molar refractivity (Wildman–Crippen MR) is 50.2 cm³/mol. The molecule has 0 radical (unpaired) electrons. The van der Waals surface area contributed by atoms with Crippen LogP contribution in [-0.4, -0.2) is 33.9 Å². The van der Waals surface area contributed by atoms with Gasteiger partial charge in [0.15, 0.2) is 0 Å². The first-order valence-electron chi connectivity index (χ1n) is 4.43. The summed E-state index contributed by atoms with van der Waals surface area (Å²) in [6, 6.07) is 0. The Hall–Kier alpha value is -0.610. The van der Waals surface area contributed by atoms with Crippen molar-refractivity contribution in [2.24, 2.45) is 0 Å². The van der Waals surface area contributed by atoms with Crippen LogP contribution in [0.5, 0.6) is 0 Å². The van der Waals surface area contributed by atoms with Gasteiger partial charge in [0.2, 0.25) is 5.91 Å². The highest BCUT2D eigenvalue weighted by atomic mass is 16.3. The van der Waals surface area contributed by atoms with Gasteiger partial charge in [-0.25, -0.2) is 0 Å². The van der Waals surface area contributed by atoms with Gasteiger partial charge in [0, 0.05) is 5.54 Å². The maximum absolute atomic E-state index is 11.1. The minimum atomic E-state index is -1.01. The van der Waals surface area contributed by atoms with E-state index in [0.717, 1.165) is 0 Å². The van der Waals surface area contributed by atoms with Gasteiger partial charge in [-0.05, 0) is 34.1 Å². The highest BCUT2D eigenvalue weighted by Gasteiger charge is 2.23. The first-order chi connectivity index (χ1) is 5.74. The van der Waals surface area contributed by atoms with Crippen molar-refractivity contribution in [2.45, 2.75) is 51.9 Å². The molecule has 1 amide bonds. The molecular weight excluding hydrogens is 170 g/mol. The minimum Gasteiger partial charge on any atom is -0.393 e. The Kier molecular flexibility index (Phi) is 4.36. The fraction of sp³-hybridized carbons (Fsp3) is 0.889. The Morgan fingerprint density at radius 1 is 1.38 bits per heavy atom. The summed E-state index contributed by atoms with van der Waals surface area (Å²) in [6.07, 6.45) is -1.01. The van der Waals surface area contributed by atoms with Crippen LogP contribution < -0.4 is 5.32 Å². The molecule has 4 heteroatoms. The number of hydrogen-bond acceptors (Lipinski definition) is 3. The zero-order chi connectivity index (χ0) is 10.6. The van der Waals surface area contributed by atoms with Crippen LogP contribution in [0.25, 0.3) is 0 Å². The number of nitrogens with one attached hydrogen (secondary N) is 1. The van der Waals surface area contributed by atoms with E-state index in [1.807, 2.05) is 0 Å². The Bertz CT molecular complexity index is 176. The van der Waals surface area contributed by atoms with Crippen LogP contribution >= 0.6 is 0 Å². The van der Waals surface area contributed by atoms with Gasteiger partial charge in [-0.3, -0.25) is 4.79 Å². The number of hydrogen-bond donors (Lipinski definition) is 3. The summed E-state index contributed by atoms with van der Waals surface area (Å²) < 4.78 is 0. The number of carbonyl (C=O) groups excluding carboxylic acids is 1. The third kappa shape index (κ3) is 5.60. The molecule has 0 aliphatic heterocycles. The van der Waals surface area contributed by atoms with Crippen LogP contribution in [0, 0.1) is 0 Å². The maximum Gasteiger partial charge on any atom is 0.248 e. The van der Waals surface area contributed by atoms with Gasteiger partial charge in [0.25, 0.3) is 0 Å². The summed E-state index contributed by atoms with van der Waals surface area (Å²) in [4.78, 5) is 11.1. The van der Waals surface area contributed by atoms with Crippen molar-refractivity contribution in [3.63, 3.8) is 0 Å². The average Bonchev–Trinajstić information content (AvgIpc) is 1.81. The second kappa shape index (κ2) is 4.58. The van der Waals surface area contributed by atoms with Gasteiger partial charge in [-0.1, -0.05) is 0 Å². The summed E-state index contributed by atoms with van der Waals surface area (Å²) in [6.45, 7) is 6.68. The number of aliphatic hydroxyl groups is 2. The Morgan fingerprint density at radius 3 is 2.15 bits per heavy atom. The molecular formula is C9H19NO3. The maximum atomic E-state index is 11.1. The first kappa shape index (κ1) is 12.4. The molecule has 0 saturated heterocycles. The van der Waals surface area contributed by atoms with Crippen LogP contribution in [0.1, 0.15) is 34.1 Å². The molecule has 2 atom stereocenters. The molecule has 78 valence electrons. The lowest BCUT2D eigenvalue weighted by atomic mass is 9.97. The lowest BCUT2D eigenvalue weighted by Gasteiger charge is -2.28. The van der Waals surface area contributed by atoms with Gasteiger partial charge in [0.05, 0.1) is 6.10 Å². The molecule has 0 saturated carbocycles. The SMILES string of the molecule is C[C@H](O)CC(C)(C)NC(=O)[C@H](C)O. The van der Waals surface area contributed by atoms with Gasteiger partial charge < -0.3 is 15.5 Å². The van der Waals surface area contributed by atoms with E-state index >= 15 is 0 Å². The molecule has 0 aliphatic rings. The molecule has 0 rings (SSSR count). The molecule has 0 unspecified atom stereocenters. The quantitative estimate of drug-likeness (QED) is 0.584. The Balaban J connectivity index is 4.09. The Morgan fingerprint density at radius 2 is 1.85 bits per heavy atom. The second-order valence-electron chi connectivity index (χ2n) is 4.10. The van der Waals surface area contributed by atoms with Crippen molar-refractivity contribution in [3.8, 4) is 0 Å². The van der Waals surface area contributed by atoms with Gasteiger partial charge >= 0.3 is 0 Å². The molecule has 0 aromatic carbocycles. The van der Waals surface area contributed by atoms with E-state index in [0.29, 0.717) is 6.42 Å². The molecule has 0 heterocycles. The van der Waals surface area contributed by atoms with Gasteiger partial charge in [0.1, 0.15) is 6.10 Å². The lowest BCUT2D eigenvalue weighted by Crippen LogP contribution is -2.48. The summed E-state index contributed by atoms with van der Waals surface area (Å²) in [5, 5.41) is 20.7. The molecule has 0 bridgehead atoms. The van der Waals surface area contributed by atoms with Crippen molar-refractivity contribution in [2.75, 3.05) is 0 Å². The fourth-order valence-electron chi connectivity index (χ4n) is 1.23. The number of aliphatic hydroxyl groups excluding tert-OH is 2. The summed E-state index contributed by atoms with van der Waals surface area (Å²) in [7, 11) is 0. The van der Waals surface area contributed by atoms with Crippen molar-refractivity contribution in [3.05, 3.63) is 0 Å². The van der Waals surface area contributed by atoms with Crippen LogP contribution in [-0.2, 0) is 4.79 Å². The third-order valence-corrected chi connectivity index (χ3v) is 1.65. The van der Waals surface area contributed by atoms with Gasteiger partial charge in [-0.2, -0.15) is 0 Å². The highest BCUT2D eigenvalue weighted by molar-refractivity contribution is 5.80. The van der Waals surface area contributed by atoms with E-state index in [-0.39, 0.29) is 0 Å². The van der Waals surface area contributed by atoms with Crippen molar-refractivity contribution in [1.29, 1.82) is 0 Å². The van der Waals surface area contributed by atoms with Gasteiger partial charge in [-0.15, -0.1) is 0 Å². The number of carbonyl (C=O) groups is 1. The van der Waals surface area contributed by atoms with E-state index in [9.17, 15) is 4.79 Å². The number of rotatable bonds is 4. The summed E-state index contributed by atoms with van der Waals surface area (Å²) in [5.74, 6) is -0.411. The fourth-order valence-corrected chi connectivity index (χ4v) is 1.23. The average molecular weight is 189 g/mol. The molecule has 13 heavy (non-hydrogen) atoms. The largest absolute Gasteiger partial charge is 0.393 e. The third-order valence-electron chi connectivity index (χ3n) is 1.65. The van der Waals surface area contributed by atoms with E-state index in [1.54, 1.807) is 20.8 Å². The molecule has 3 N–H and O–H groups in total. The standard InChI is InChI=1S/C9H19NO3/c1-6(11)5-9(3,4)10-8(13)7(2)12/h6-7,11-12H,5H2,1-4H3,(H,10,13)/t6-,7-/m0/s1. The minimum absolute atomic E-state index is 0.411. The van der Waals surface area contributed by atoms with Crippen LogP contribution in [0.4, 0.5) is 0 Å². The second-order valence-corrected chi connectivity index (χ2v) is 4.10. The van der Waals surface area contributed by atoms with Crippen molar-refractivity contribution < 1.29 is 15.0 Å². The molecule has 0 spiro atoms. The Labute approximate surface area is 79.0 Å². The van der Waals surface area contributed by atoms with E-state index in [2.05, 4.69) is 5.32 Å². The van der Waals surface area contributed by atoms with Crippen LogP contribution in [0.3, 0.4) is 0 Å². The van der Waals surface area contributed by atoms with Crippen molar-refractivity contribution in [1.82, 2.24) is 5.32 Å². The van der Waals surface area contributed by atoms with Crippen LogP contribution in [0.15, 0.2) is 0 Å². The lowest BCUT2D eigenvalue weighted by molar-refractivity contribution is -0.130. The molecule has 0 aromatic rings. The van der Waals surface area contributed by atoms with E-state index in [4.69, 9.17) is 10.2 Å². The van der Waals surface area contributed by atoms with E-state index in [1.165, 1.54) is 6.92 Å². The highest BCUT2D eigenvalue weighted by Crippen LogP contribution is 2.11. The molecule has 0 fully saturated rings. The summed E-state index contributed by atoms with van der Waals surface area (Å²) in [5.41, 5.74) is -0.484. The zero-order valence-corrected chi connectivity index (χ0v) is 8.66.